The zero-order chi connectivity index (χ0) is 28.8. The number of ether oxygens (including phenoxy) is 2. The Bertz CT molecular complexity index is 1460. The molecule has 4 rings (SSSR count). The highest BCUT2D eigenvalue weighted by atomic mass is 32.2. The summed E-state index contributed by atoms with van der Waals surface area (Å²) in [5.41, 5.74) is 4.33. The summed E-state index contributed by atoms with van der Waals surface area (Å²) < 4.78 is 13.1. The van der Waals surface area contributed by atoms with Gasteiger partial charge in [-0.25, -0.2) is 4.79 Å². The van der Waals surface area contributed by atoms with Crippen molar-refractivity contribution in [1.29, 1.82) is 0 Å². The van der Waals surface area contributed by atoms with Gasteiger partial charge in [-0.1, -0.05) is 67.6 Å². The van der Waals surface area contributed by atoms with Crippen molar-refractivity contribution in [3.63, 3.8) is 0 Å². The number of aromatic nitrogens is 3. The smallest absolute Gasteiger partial charge is 0.341 e. The highest BCUT2D eigenvalue weighted by molar-refractivity contribution is 7.99. The second-order valence-electron chi connectivity index (χ2n) is 9.62. The van der Waals surface area contributed by atoms with Crippen molar-refractivity contribution in [2.45, 2.75) is 58.3 Å². The van der Waals surface area contributed by atoms with Crippen LogP contribution in [0.1, 0.15) is 67.0 Å². The predicted octanol–water partition coefficient (Wildman–Crippen LogP) is 7.12. The lowest BCUT2D eigenvalue weighted by molar-refractivity contribution is -0.113. The van der Waals surface area contributed by atoms with Gasteiger partial charge >= 0.3 is 5.97 Å². The van der Waals surface area contributed by atoms with E-state index in [2.05, 4.69) is 41.5 Å². The lowest BCUT2D eigenvalue weighted by Gasteiger charge is -2.16. The molecule has 0 saturated heterocycles. The van der Waals surface area contributed by atoms with Crippen molar-refractivity contribution in [2.75, 3.05) is 18.2 Å². The van der Waals surface area contributed by atoms with Gasteiger partial charge in [0, 0.05) is 17.5 Å². The number of benzene rings is 2. The van der Waals surface area contributed by atoms with E-state index in [0.717, 1.165) is 22.4 Å². The summed E-state index contributed by atoms with van der Waals surface area (Å²) in [7, 11) is 1.33. The van der Waals surface area contributed by atoms with E-state index in [1.54, 1.807) is 0 Å². The van der Waals surface area contributed by atoms with Gasteiger partial charge < -0.3 is 19.4 Å². The van der Waals surface area contributed by atoms with Crippen molar-refractivity contribution in [3.05, 3.63) is 76.4 Å². The summed E-state index contributed by atoms with van der Waals surface area (Å²) in [6.07, 6.45) is -0.325. The van der Waals surface area contributed by atoms with Crippen molar-refractivity contribution >= 4 is 40.0 Å². The first-order valence-corrected chi connectivity index (χ1v) is 15.0. The molecule has 0 bridgehead atoms. The number of aryl methyl sites for hydroxylation is 1. The van der Waals surface area contributed by atoms with Gasteiger partial charge in [0.2, 0.25) is 5.91 Å². The fraction of sp³-hybridized carbons (Fsp3) is 0.333. The number of thioether (sulfide) groups is 1. The molecule has 2 aromatic heterocycles. The molecule has 0 aliphatic heterocycles. The Kier molecular flexibility index (Phi) is 9.65. The molecule has 1 unspecified atom stereocenters. The molecule has 0 aliphatic carbocycles. The molecule has 210 valence electrons. The minimum atomic E-state index is -0.497. The third-order valence-corrected chi connectivity index (χ3v) is 8.28. The Morgan fingerprint density at radius 1 is 1.05 bits per heavy atom. The number of carbonyl (C=O) groups excluding carboxylic acids is 2. The van der Waals surface area contributed by atoms with E-state index in [9.17, 15) is 9.59 Å². The largest absolute Gasteiger partial charge is 0.483 e. The summed E-state index contributed by atoms with van der Waals surface area (Å²) >= 11 is 2.58. The van der Waals surface area contributed by atoms with Gasteiger partial charge in [0.1, 0.15) is 16.3 Å². The third-order valence-electron chi connectivity index (χ3n) is 6.41. The number of nitrogens with one attached hydrogen (secondary N) is 1. The lowest BCUT2D eigenvalue weighted by Crippen LogP contribution is -2.17. The molecule has 0 aliphatic rings. The van der Waals surface area contributed by atoms with Crippen LogP contribution < -0.4 is 10.1 Å². The maximum absolute atomic E-state index is 12.9. The van der Waals surface area contributed by atoms with Gasteiger partial charge in [-0.15, -0.1) is 21.5 Å². The van der Waals surface area contributed by atoms with Crippen LogP contribution in [0.15, 0.2) is 59.1 Å². The van der Waals surface area contributed by atoms with Crippen LogP contribution in [0, 0.1) is 6.92 Å². The maximum atomic E-state index is 12.9. The highest BCUT2D eigenvalue weighted by Gasteiger charge is 2.23. The van der Waals surface area contributed by atoms with Gasteiger partial charge in [-0.05, 0) is 49.9 Å². The van der Waals surface area contributed by atoms with E-state index < -0.39 is 5.97 Å². The van der Waals surface area contributed by atoms with Crippen molar-refractivity contribution in [3.8, 4) is 16.9 Å². The molecule has 4 aromatic rings. The maximum Gasteiger partial charge on any atom is 0.341 e. The summed E-state index contributed by atoms with van der Waals surface area (Å²) in [5.74, 6) is 1.25. The molecule has 0 saturated carbocycles. The monoisotopic (exact) mass is 578 g/mol. The fourth-order valence-electron chi connectivity index (χ4n) is 4.19. The molecule has 0 fully saturated rings. The van der Waals surface area contributed by atoms with Crippen molar-refractivity contribution in [2.24, 2.45) is 0 Å². The zero-order valence-corrected chi connectivity index (χ0v) is 25.2. The third kappa shape index (κ3) is 6.74. The first-order valence-electron chi connectivity index (χ1n) is 13.1. The molecular weight excluding hydrogens is 544 g/mol. The predicted molar refractivity (Wildman–Crippen MR) is 160 cm³/mol. The molecule has 40 heavy (non-hydrogen) atoms. The minimum Gasteiger partial charge on any atom is -0.483 e. The fourth-order valence-corrected chi connectivity index (χ4v) is 5.97. The minimum absolute atomic E-state index is 0.0996. The van der Waals surface area contributed by atoms with Crippen LogP contribution in [0.2, 0.25) is 0 Å². The molecule has 0 spiro atoms. The topological polar surface area (TPSA) is 95.3 Å². The lowest BCUT2D eigenvalue weighted by atomic mass is 10.0. The molecule has 1 atom stereocenters. The zero-order valence-electron chi connectivity index (χ0n) is 23.6. The van der Waals surface area contributed by atoms with Gasteiger partial charge in [0.25, 0.3) is 0 Å². The SMILES string of the molecule is CCn1c(SCC(=O)Nc2scc(-c3ccc(C)cc3)c2C(=O)OC)nnc1C(C)Oc1ccc(C(C)C)cc1. The Balaban J connectivity index is 1.43. The molecule has 2 heterocycles. The molecular formula is C30H34N4O4S2. The molecule has 1 N–H and O–H groups in total. The quantitative estimate of drug-likeness (QED) is 0.150. The number of anilines is 1. The number of methoxy groups -OCH3 is 1. The molecule has 1 amide bonds. The van der Waals surface area contributed by atoms with E-state index in [0.29, 0.717) is 34.0 Å². The van der Waals surface area contributed by atoms with Crippen LogP contribution in [0.25, 0.3) is 11.1 Å². The summed E-state index contributed by atoms with van der Waals surface area (Å²) in [6, 6.07) is 15.9. The van der Waals surface area contributed by atoms with E-state index in [1.165, 1.54) is 35.8 Å². The van der Waals surface area contributed by atoms with Crippen LogP contribution >= 0.6 is 23.1 Å². The number of carbonyl (C=O) groups is 2. The van der Waals surface area contributed by atoms with E-state index in [-0.39, 0.29) is 17.8 Å². The van der Waals surface area contributed by atoms with Crippen LogP contribution in [-0.2, 0) is 16.1 Å². The number of hydrogen-bond donors (Lipinski definition) is 1. The first-order chi connectivity index (χ1) is 19.2. The standard InChI is InChI=1S/C30H34N4O4S2/c1-7-34-27(20(5)38-23-14-12-21(13-15-23)18(2)3)32-33-30(34)40-17-25(35)31-28-26(29(36)37-6)24(16-39-28)22-10-8-19(4)9-11-22/h8-16,18,20H,7,17H2,1-6H3,(H,31,35). The Morgan fingerprint density at radius 3 is 2.38 bits per heavy atom. The summed E-state index contributed by atoms with van der Waals surface area (Å²) in [6.45, 7) is 10.9. The van der Waals surface area contributed by atoms with Crippen molar-refractivity contribution < 1.29 is 19.1 Å². The van der Waals surface area contributed by atoms with E-state index in [4.69, 9.17) is 9.47 Å². The Morgan fingerprint density at radius 2 is 1.75 bits per heavy atom. The van der Waals surface area contributed by atoms with Gasteiger partial charge in [0.15, 0.2) is 17.1 Å². The average molecular weight is 579 g/mol. The molecule has 8 nitrogen and oxygen atoms in total. The number of amides is 1. The second kappa shape index (κ2) is 13.1. The average Bonchev–Trinajstić information content (AvgIpc) is 3.56. The number of nitrogens with zero attached hydrogens (tertiary/aromatic N) is 3. The first kappa shape index (κ1) is 29.4. The second-order valence-corrected chi connectivity index (χ2v) is 11.4. The van der Waals surface area contributed by atoms with Crippen LogP contribution in [0.5, 0.6) is 5.75 Å². The van der Waals surface area contributed by atoms with Crippen molar-refractivity contribution in [1.82, 2.24) is 14.8 Å². The number of hydrogen-bond acceptors (Lipinski definition) is 8. The molecule has 10 heteroatoms. The number of esters is 1. The summed E-state index contributed by atoms with van der Waals surface area (Å²) in [5, 5.41) is 14.5. The van der Waals surface area contributed by atoms with Gasteiger partial charge in [-0.3, -0.25) is 4.79 Å². The van der Waals surface area contributed by atoms with E-state index in [1.807, 2.05) is 67.1 Å². The van der Waals surface area contributed by atoms with Crippen LogP contribution in [0.3, 0.4) is 0 Å². The summed E-state index contributed by atoms with van der Waals surface area (Å²) in [4.78, 5) is 25.6. The van der Waals surface area contributed by atoms with Crippen LogP contribution in [0.4, 0.5) is 5.00 Å². The normalized spacial score (nSPS) is 11.9. The molecule has 0 radical (unpaired) electrons. The van der Waals surface area contributed by atoms with Gasteiger partial charge in [-0.2, -0.15) is 0 Å². The Hall–Kier alpha value is -3.63. The highest BCUT2D eigenvalue weighted by Crippen LogP contribution is 2.36. The van der Waals surface area contributed by atoms with E-state index >= 15 is 0 Å². The van der Waals surface area contributed by atoms with Gasteiger partial charge in [0.05, 0.1) is 12.9 Å². The number of rotatable bonds is 11. The number of thiophene rings is 1. The molecule has 2 aromatic carbocycles. The Labute approximate surface area is 243 Å². The van der Waals surface area contributed by atoms with Crippen LogP contribution in [-0.4, -0.2) is 39.5 Å².